The van der Waals surface area contributed by atoms with E-state index in [-0.39, 0.29) is 11.7 Å². The van der Waals surface area contributed by atoms with Gasteiger partial charge in [0.1, 0.15) is 17.4 Å². The van der Waals surface area contributed by atoms with E-state index in [9.17, 15) is 4.79 Å². The molecule has 0 spiro atoms. The van der Waals surface area contributed by atoms with Crippen LogP contribution in [0.15, 0.2) is 57.7 Å². The summed E-state index contributed by atoms with van der Waals surface area (Å²) in [6.07, 6.45) is 0.799. The first-order chi connectivity index (χ1) is 13.1. The topological polar surface area (TPSA) is 48.7 Å². The van der Waals surface area contributed by atoms with Crippen LogP contribution in [0.1, 0.15) is 32.8 Å². The summed E-state index contributed by atoms with van der Waals surface area (Å²) in [6.45, 7) is 8.59. The molecule has 0 aliphatic rings. The molecule has 1 aromatic heterocycles. The third kappa shape index (κ3) is 4.98. The van der Waals surface area contributed by atoms with Crippen molar-refractivity contribution in [3.8, 4) is 16.9 Å². The first-order valence-electron chi connectivity index (χ1n) is 9.42. The average Bonchev–Trinajstić information content (AvgIpc) is 2.68. The smallest absolute Gasteiger partial charge is 0.336 e. The van der Waals surface area contributed by atoms with Gasteiger partial charge in [0.05, 0.1) is 6.61 Å². The zero-order valence-corrected chi connectivity index (χ0v) is 16.7. The van der Waals surface area contributed by atoms with Gasteiger partial charge in [0.25, 0.3) is 0 Å². The van der Waals surface area contributed by atoms with E-state index >= 15 is 0 Å². The second-order valence-electron chi connectivity index (χ2n) is 6.06. The lowest BCUT2D eigenvalue weighted by molar-refractivity contribution is 0.0788. The highest BCUT2D eigenvalue weighted by atomic mass is 16.5. The fourth-order valence-corrected chi connectivity index (χ4v) is 2.93. The van der Waals surface area contributed by atoms with Gasteiger partial charge < -0.3 is 13.9 Å². The van der Waals surface area contributed by atoms with Crippen LogP contribution in [0.2, 0.25) is 0 Å². The summed E-state index contributed by atoms with van der Waals surface area (Å²) in [6, 6.07) is 15.2. The monoisotopic (exact) mass is 368 g/mol. The maximum atomic E-state index is 12.1. The van der Waals surface area contributed by atoms with Crippen molar-refractivity contribution in [3.63, 3.8) is 0 Å². The minimum absolute atomic E-state index is 0.0336. The van der Waals surface area contributed by atoms with Crippen LogP contribution in [0, 0.1) is 6.92 Å². The molecule has 4 nitrogen and oxygen atoms in total. The van der Waals surface area contributed by atoms with Gasteiger partial charge in [-0.25, -0.2) is 4.79 Å². The SMILES string of the molecule is CC.CCC(COC)Oc1ccc2c(-c3ccccc3C)cc(=O)oc2c1. The molecule has 0 N–H and O–H groups in total. The average molecular weight is 368 g/mol. The van der Waals surface area contributed by atoms with Crippen molar-refractivity contribution in [2.75, 3.05) is 13.7 Å². The van der Waals surface area contributed by atoms with Gasteiger partial charge in [-0.2, -0.15) is 0 Å². The Morgan fingerprint density at radius 3 is 2.44 bits per heavy atom. The molecule has 0 saturated heterocycles. The molecule has 0 aliphatic heterocycles. The first-order valence-corrected chi connectivity index (χ1v) is 9.42. The summed E-state index contributed by atoms with van der Waals surface area (Å²) >= 11 is 0. The van der Waals surface area contributed by atoms with Crippen LogP contribution in [0.4, 0.5) is 0 Å². The predicted octanol–water partition coefficient (Wildman–Crippen LogP) is 5.60. The molecule has 4 heteroatoms. The van der Waals surface area contributed by atoms with Crippen molar-refractivity contribution in [2.45, 2.75) is 40.2 Å². The molecule has 1 atom stereocenters. The molecule has 0 fully saturated rings. The van der Waals surface area contributed by atoms with Crippen molar-refractivity contribution in [1.29, 1.82) is 0 Å². The van der Waals surface area contributed by atoms with Crippen molar-refractivity contribution in [2.24, 2.45) is 0 Å². The molecule has 3 aromatic rings. The van der Waals surface area contributed by atoms with Crippen molar-refractivity contribution in [1.82, 2.24) is 0 Å². The van der Waals surface area contributed by atoms with E-state index in [0.29, 0.717) is 17.9 Å². The quantitative estimate of drug-likeness (QED) is 0.532. The highest BCUT2D eigenvalue weighted by Crippen LogP contribution is 2.31. The minimum atomic E-state index is -0.369. The molecule has 0 saturated carbocycles. The Morgan fingerprint density at radius 1 is 1.04 bits per heavy atom. The minimum Gasteiger partial charge on any atom is -0.488 e. The summed E-state index contributed by atoms with van der Waals surface area (Å²) in [5.74, 6) is 0.668. The number of benzene rings is 2. The fraction of sp³-hybridized carbons (Fsp3) is 0.348. The second kappa shape index (κ2) is 9.93. The van der Waals surface area contributed by atoms with Crippen molar-refractivity contribution < 1.29 is 13.9 Å². The largest absolute Gasteiger partial charge is 0.488 e. The van der Waals surface area contributed by atoms with E-state index in [2.05, 4.69) is 0 Å². The molecular formula is C23H28O4. The van der Waals surface area contributed by atoms with Crippen LogP contribution >= 0.6 is 0 Å². The molecule has 0 bridgehead atoms. The molecule has 2 aromatic carbocycles. The number of aryl methyl sites for hydroxylation is 1. The molecular weight excluding hydrogens is 340 g/mol. The standard InChI is InChI=1S/C21H22O4.C2H6/c1-4-15(13-23-3)24-16-9-10-18-19(12-21(22)25-20(18)11-16)17-8-6-5-7-14(17)2;1-2/h5-12,15H,4,13H2,1-3H3;1-2H3. The van der Waals surface area contributed by atoms with Crippen LogP contribution in [0.3, 0.4) is 0 Å². The normalized spacial score (nSPS) is 11.6. The number of hydrogen-bond donors (Lipinski definition) is 0. The summed E-state index contributed by atoms with van der Waals surface area (Å²) < 4.78 is 16.5. The maximum absolute atomic E-state index is 12.1. The zero-order valence-electron chi connectivity index (χ0n) is 16.7. The van der Waals surface area contributed by atoms with E-state index < -0.39 is 0 Å². The summed E-state index contributed by atoms with van der Waals surface area (Å²) in [7, 11) is 1.65. The molecule has 144 valence electrons. The molecule has 0 amide bonds. The Kier molecular flexibility index (Phi) is 7.62. The fourth-order valence-electron chi connectivity index (χ4n) is 2.93. The van der Waals surface area contributed by atoms with Crippen LogP contribution in [-0.2, 0) is 4.74 Å². The highest BCUT2D eigenvalue weighted by Gasteiger charge is 2.13. The summed E-state index contributed by atoms with van der Waals surface area (Å²) in [4.78, 5) is 12.1. The van der Waals surface area contributed by atoms with Crippen LogP contribution in [0.5, 0.6) is 5.75 Å². The molecule has 1 unspecified atom stereocenters. The lowest BCUT2D eigenvalue weighted by Crippen LogP contribution is -2.21. The number of hydrogen-bond acceptors (Lipinski definition) is 4. The van der Waals surface area contributed by atoms with Crippen LogP contribution in [-0.4, -0.2) is 19.8 Å². The summed E-state index contributed by atoms with van der Waals surface area (Å²) in [5.41, 5.74) is 3.17. The van der Waals surface area contributed by atoms with E-state index in [1.165, 1.54) is 0 Å². The predicted molar refractivity (Wildman–Crippen MR) is 111 cm³/mol. The van der Waals surface area contributed by atoms with E-state index in [1.807, 2.05) is 64.1 Å². The highest BCUT2D eigenvalue weighted by molar-refractivity contribution is 5.94. The van der Waals surface area contributed by atoms with Gasteiger partial charge in [-0.15, -0.1) is 0 Å². The Labute approximate surface area is 160 Å². The Balaban J connectivity index is 0.00000126. The molecule has 0 aliphatic carbocycles. The van der Waals surface area contributed by atoms with Crippen molar-refractivity contribution >= 4 is 11.0 Å². The lowest BCUT2D eigenvalue weighted by Gasteiger charge is -2.17. The van der Waals surface area contributed by atoms with Crippen molar-refractivity contribution in [3.05, 3.63) is 64.5 Å². The van der Waals surface area contributed by atoms with Gasteiger partial charge in [-0.3, -0.25) is 0 Å². The Morgan fingerprint density at radius 2 is 1.78 bits per heavy atom. The zero-order chi connectivity index (χ0) is 19.8. The second-order valence-corrected chi connectivity index (χ2v) is 6.06. The number of ether oxygens (including phenoxy) is 2. The van der Waals surface area contributed by atoms with Gasteiger partial charge in [-0.1, -0.05) is 45.0 Å². The maximum Gasteiger partial charge on any atom is 0.336 e. The van der Waals surface area contributed by atoms with E-state index in [4.69, 9.17) is 13.9 Å². The molecule has 3 rings (SSSR count). The Bertz CT molecular complexity index is 927. The van der Waals surface area contributed by atoms with Gasteiger partial charge in [-0.05, 0) is 36.6 Å². The van der Waals surface area contributed by atoms with Crippen LogP contribution < -0.4 is 10.4 Å². The molecule has 0 radical (unpaired) electrons. The number of rotatable bonds is 6. The van der Waals surface area contributed by atoms with Gasteiger partial charge in [0, 0.05) is 30.2 Å². The van der Waals surface area contributed by atoms with Gasteiger partial charge in [0.2, 0.25) is 0 Å². The lowest BCUT2D eigenvalue weighted by atomic mass is 9.98. The van der Waals surface area contributed by atoms with E-state index in [1.54, 1.807) is 19.2 Å². The first kappa shape index (κ1) is 20.7. The van der Waals surface area contributed by atoms with Gasteiger partial charge in [0.15, 0.2) is 0 Å². The van der Waals surface area contributed by atoms with Crippen LogP contribution in [0.25, 0.3) is 22.1 Å². The molecule has 27 heavy (non-hydrogen) atoms. The number of methoxy groups -OCH3 is 1. The number of fused-ring (bicyclic) bond motifs is 1. The van der Waals surface area contributed by atoms with Gasteiger partial charge >= 0.3 is 5.63 Å². The Hall–Kier alpha value is -2.59. The summed E-state index contributed by atoms with van der Waals surface area (Å²) in [5, 5.41) is 0.890. The molecule has 1 heterocycles. The third-order valence-corrected chi connectivity index (χ3v) is 4.26. The third-order valence-electron chi connectivity index (χ3n) is 4.26. The van der Waals surface area contributed by atoms with E-state index in [0.717, 1.165) is 28.5 Å².